The number of hydrogen-bond donors (Lipinski definition) is 1. The summed E-state index contributed by atoms with van der Waals surface area (Å²) < 4.78 is 2.31. The Morgan fingerprint density at radius 3 is 2.14 bits per heavy atom. The van der Waals surface area contributed by atoms with E-state index in [1.165, 1.54) is 18.4 Å². The standard InChI is InChI=1S/C30H31N3O.ClH/c1-32-24-16-17-25(32)19-23(18-24)31-30(34)28-26-14-8-9-15-27(26)33(20-21-10-4-2-5-11-21)29(28)22-12-6-3-7-13-22;/h2-15,23-25H,16-20H2,1H3,(H,31,34);1H. The van der Waals surface area contributed by atoms with Crippen LogP contribution >= 0.6 is 12.4 Å². The van der Waals surface area contributed by atoms with Crippen molar-refractivity contribution in [2.75, 3.05) is 7.05 Å². The molecule has 2 fully saturated rings. The molecule has 2 unspecified atom stereocenters. The number of aromatic nitrogens is 1. The third kappa shape index (κ3) is 4.37. The van der Waals surface area contributed by atoms with Gasteiger partial charge in [0.1, 0.15) is 0 Å². The van der Waals surface area contributed by atoms with Gasteiger partial charge in [-0.1, -0.05) is 78.9 Å². The quantitative estimate of drug-likeness (QED) is 0.369. The fourth-order valence-corrected chi connectivity index (χ4v) is 6.15. The van der Waals surface area contributed by atoms with Crippen LogP contribution in [0.25, 0.3) is 22.2 Å². The number of hydrogen-bond acceptors (Lipinski definition) is 2. The molecule has 2 bridgehead atoms. The molecule has 1 amide bonds. The lowest BCUT2D eigenvalue weighted by Crippen LogP contribution is -2.48. The highest BCUT2D eigenvalue weighted by molar-refractivity contribution is 6.13. The van der Waals surface area contributed by atoms with Crippen LogP contribution < -0.4 is 5.32 Å². The number of carbonyl (C=O) groups is 1. The molecule has 4 nitrogen and oxygen atoms in total. The van der Waals surface area contributed by atoms with E-state index in [0.29, 0.717) is 12.1 Å². The Balaban J connectivity index is 0.00000253. The number of halogens is 1. The van der Waals surface area contributed by atoms with Gasteiger partial charge >= 0.3 is 0 Å². The molecule has 0 saturated carbocycles. The highest BCUT2D eigenvalue weighted by atomic mass is 35.5. The van der Waals surface area contributed by atoms with E-state index in [0.717, 1.165) is 47.1 Å². The predicted octanol–water partition coefficient (Wildman–Crippen LogP) is 6.13. The van der Waals surface area contributed by atoms with Gasteiger partial charge in [-0.05, 0) is 49.9 Å². The largest absolute Gasteiger partial charge is 0.349 e. The first-order valence-electron chi connectivity index (χ1n) is 12.4. The van der Waals surface area contributed by atoms with Crippen molar-refractivity contribution in [1.82, 2.24) is 14.8 Å². The molecule has 3 aromatic carbocycles. The lowest BCUT2D eigenvalue weighted by molar-refractivity contribution is 0.0884. The molecule has 0 aliphatic carbocycles. The molecule has 5 heteroatoms. The molecular weight excluding hydrogens is 454 g/mol. The van der Waals surface area contributed by atoms with Crippen molar-refractivity contribution in [3.63, 3.8) is 0 Å². The number of piperidine rings is 1. The van der Waals surface area contributed by atoms with Gasteiger partial charge in [0.15, 0.2) is 0 Å². The van der Waals surface area contributed by atoms with Gasteiger partial charge in [-0.3, -0.25) is 4.79 Å². The van der Waals surface area contributed by atoms with Gasteiger partial charge < -0.3 is 14.8 Å². The number of amides is 1. The fraction of sp³-hybridized carbons (Fsp3) is 0.300. The maximum Gasteiger partial charge on any atom is 0.254 e. The first-order valence-corrected chi connectivity index (χ1v) is 12.4. The maximum atomic E-state index is 14.0. The van der Waals surface area contributed by atoms with E-state index in [1.807, 2.05) is 18.2 Å². The third-order valence-electron chi connectivity index (χ3n) is 7.86. The van der Waals surface area contributed by atoms with E-state index >= 15 is 0 Å². The monoisotopic (exact) mass is 485 g/mol. The number of rotatable bonds is 5. The minimum absolute atomic E-state index is 0. The van der Waals surface area contributed by atoms with Crippen LogP contribution in [0.5, 0.6) is 0 Å². The van der Waals surface area contributed by atoms with Gasteiger partial charge in [0.2, 0.25) is 0 Å². The lowest BCUT2D eigenvalue weighted by atomic mass is 9.97. The molecule has 3 heterocycles. The minimum Gasteiger partial charge on any atom is -0.349 e. The number of nitrogens with zero attached hydrogens (tertiary/aromatic N) is 2. The number of para-hydroxylation sites is 1. The normalized spacial score (nSPS) is 21.6. The first-order chi connectivity index (χ1) is 16.7. The molecule has 2 aliphatic rings. The van der Waals surface area contributed by atoms with Crippen molar-refractivity contribution in [3.8, 4) is 11.3 Å². The van der Waals surface area contributed by atoms with Crippen LogP contribution in [0.3, 0.4) is 0 Å². The highest BCUT2D eigenvalue weighted by Gasteiger charge is 2.39. The van der Waals surface area contributed by atoms with E-state index in [9.17, 15) is 4.79 Å². The van der Waals surface area contributed by atoms with Crippen LogP contribution in [0.1, 0.15) is 41.6 Å². The SMILES string of the molecule is CN1C2CCC1CC(NC(=O)c1c(-c3ccccc3)n(Cc3ccccc3)c3ccccc13)C2.Cl. The van der Waals surface area contributed by atoms with Crippen molar-refractivity contribution in [2.24, 2.45) is 0 Å². The molecule has 1 N–H and O–H groups in total. The maximum absolute atomic E-state index is 14.0. The van der Waals surface area contributed by atoms with E-state index in [2.05, 4.69) is 88.6 Å². The molecule has 0 spiro atoms. The number of carbonyl (C=O) groups excluding carboxylic acids is 1. The van der Waals surface area contributed by atoms with Crippen LogP contribution in [0.4, 0.5) is 0 Å². The van der Waals surface area contributed by atoms with Crippen molar-refractivity contribution >= 4 is 29.2 Å². The molecule has 2 saturated heterocycles. The Kier molecular flexibility index (Phi) is 6.68. The Labute approximate surface area is 213 Å². The summed E-state index contributed by atoms with van der Waals surface area (Å²) in [7, 11) is 2.24. The van der Waals surface area contributed by atoms with Gasteiger partial charge in [-0.25, -0.2) is 0 Å². The Morgan fingerprint density at radius 2 is 1.46 bits per heavy atom. The Morgan fingerprint density at radius 1 is 0.857 bits per heavy atom. The molecule has 1 aromatic heterocycles. The number of nitrogens with one attached hydrogen (secondary N) is 1. The zero-order valence-corrected chi connectivity index (χ0v) is 20.9. The molecule has 2 atom stereocenters. The lowest BCUT2D eigenvalue weighted by Gasteiger charge is -2.36. The second-order valence-electron chi connectivity index (χ2n) is 9.87. The zero-order chi connectivity index (χ0) is 23.1. The summed E-state index contributed by atoms with van der Waals surface area (Å²) in [5.74, 6) is 0.0517. The zero-order valence-electron chi connectivity index (χ0n) is 20.1. The summed E-state index contributed by atoms with van der Waals surface area (Å²) >= 11 is 0. The van der Waals surface area contributed by atoms with E-state index in [1.54, 1.807) is 0 Å². The van der Waals surface area contributed by atoms with E-state index in [4.69, 9.17) is 0 Å². The van der Waals surface area contributed by atoms with Crippen molar-refractivity contribution in [2.45, 2.75) is 50.4 Å². The average molecular weight is 486 g/mol. The molecule has 2 aliphatic heterocycles. The molecule has 35 heavy (non-hydrogen) atoms. The summed E-state index contributed by atoms with van der Waals surface area (Å²) in [6.07, 6.45) is 4.59. The van der Waals surface area contributed by atoms with Crippen molar-refractivity contribution < 1.29 is 4.79 Å². The summed E-state index contributed by atoms with van der Waals surface area (Å²) in [5, 5.41) is 4.48. The van der Waals surface area contributed by atoms with Gasteiger partial charge in [0, 0.05) is 35.6 Å². The Bertz CT molecular complexity index is 1300. The van der Waals surface area contributed by atoms with Crippen LogP contribution in [0.15, 0.2) is 84.9 Å². The Hall–Kier alpha value is -3.08. The van der Waals surface area contributed by atoms with Gasteiger partial charge in [-0.15, -0.1) is 12.4 Å². The van der Waals surface area contributed by atoms with E-state index < -0.39 is 0 Å². The first kappa shape index (κ1) is 23.7. The van der Waals surface area contributed by atoms with Crippen LogP contribution in [-0.2, 0) is 6.54 Å². The predicted molar refractivity (Wildman–Crippen MR) is 145 cm³/mol. The second-order valence-corrected chi connectivity index (χ2v) is 9.87. The fourth-order valence-electron chi connectivity index (χ4n) is 6.15. The minimum atomic E-state index is 0. The number of fused-ring (bicyclic) bond motifs is 3. The molecular formula is C30H32ClN3O. The topological polar surface area (TPSA) is 37.3 Å². The molecule has 4 aromatic rings. The van der Waals surface area contributed by atoms with Crippen molar-refractivity contribution in [1.29, 1.82) is 0 Å². The summed E-state index contributed by atoms with van der Waals surface area (Å²) in [6.45, 7) is 0.719. The van der Waals surface area contributed by atoms with Gasteiger partial charge in [0.05, 0.1) is 11.3 Å². The average Bonchev–Trinajstić information content (AvgIpc) is 3.28. The molecule has 180 valence electrons. The third-order valence-corrected chi connectivity index (χ3v) is 7.86. The summed E-state index contributed by atoms with van der Waals surface area (Å²) in [6, 6.07) is 30.6. The molecule has 6 rings (SSSR count). The summed E-state index contributed by atoms with van der Waals surface area (Å²) in [4.78, 5) is 16.5. The van der Waals surface area contributed by atoms with Crippen LogP contribution in [0.2, 0.25) is 0 Å². The van der Waals surface area contributed by atoms with Crippen LogP contribution in [-0.4, -0.2) is 40.5 Å². The highest BCUT2D eigenvalue weighted by Crippen LogP contribution is 2.37. The van der Waals surface area contributed by atoms with E-state index in [-0.39, 0.29) is 24.4 Å². The van der Waals surface area contributed by atoms with Crippen molar-refractivity contribution in [3.05, 3.63) is 96.1 Å². The number of benzene rings is 3. The summed E-state index contributed by atoms with van der Waals surface area (Å²) in [5.41, 5.74) is 5.18. The van der Waals surface area contributed by atoms with Gasteiger partial charge in [0.25, 0.3) is 5.91 Å². The van der Waals surface area contributed by atoms with Gasteiger partial charge in [-0.2, -0.15) is 0 Å². The second kappa shape index (κ2) is 9.88. The molecule has 0 radical (unpaired) electrons. The smallest absolute Gasteiger partial charge is 0.254 e. The van der Waals surface area contributed by atoms with Crippen LogP contribution in [0, 0.1) is 0 Å².